The van der Waals surface area contributed by atoms with Crippen LogP contribution in [0.2, 0.25) is 0 Å². The Hall–Kier alpha value is -1.24. The van der Waals surface area contributed by atoms with Crippen molar-refractivity contribution in [3.8, 4) is 0 Å². The van der Waals surface area contributed by atoms with Gasteiger partial charge in [0.1, 0.15) is 12.4 Å². The summed E-state index contributed by atoms with van der Waals surface area (Å²) >= 11 is 1.73. The standard InChI is InChI=1S/C18H29N7OS.HI/c1-13(16-12-24(3)7-8-26-16)21-18(19-10-15-6-5-9-27-15)20-11-17-23-22-14(2)25(17)4;/h5-6,9,13,16H,7-8,10-12H2,1-4H3,(H2,19,20,21);1H. The molecule has 2 aromatic rings. The minimum Gasteiger partial charge on any atom is -0.373 e. The quantitative estimate of drug-likeness (QED) is 0.344. The van der Waals surface area contributed by atoms with Gasteiger partial charge < -0.3 is 24.8 Å². The van der Waals surface area contributed by atoms with Crippen LogP contribution in [0.5, 0.6) is 0 Å². The molecule has 2 atom stereocenters. The van der Waals surface area contributed by atoms with E-state index in [2.05, 4.69) is 57.2 Å². The van der Waals surface area contributed by atoms with Crippen molar-refractivity contribution in [3.05, 3.63) is 34.0 Å². The molecule has 1 fully saturated rings. The second-order valence-corrected chi connectivity index (χ2v) is 7.96. The third kappa shape index (κ3) is 6.39. The van der Waals surface area contributed by atoms with Gasteiger partial charge >= 0.3 is 0 Å². The van der Waals surface area contributed by atoms with Crippen molar-refractivity contribution in [2.24, 2.45) is 12.0 Å². The number of halogens is 1. The van der Waals surface area contributed by atoms with Gasteiger partial charge in [-0.2, -0.15) is 0 Å². The first kappa shape index (κ1) is 23.0. The minimum absolute atomic E-state index is 0. The van der Waals surface area contributed by atoms with Gasteiger partial charge in [0.25, 0.3) is 0 Å². The Morgan fingerprint density at radius 3 is 2.89 bits per heavy atom. The number of nitrogens with zero attached hydrogens (tertiary/aromatic N) is 5. The van der Waals surface area contributed by atoms with E-state index in [0.29, 0.717) is 6.54 Å². The molecule has 0 saturated carbocycles. The van der Waals surface area contributed by atoms with Crippen molar-refractivity contribution in [1.82, 2.24) is 30.3 Å². The summed E-state index contributed by atoms with van der Waals surface area (Å²) in [6, 6.07) is 4.32. The molecule has 3 heterocycles. The summed E-state index contributed by atoms with van der Waals surface area (Å²) in [6.07, 6.45) is 0.134. The van der Waals surface area contributed by atoms with E-state index in [1.54, 1.807) is 11.3 Å². The highest BCUT2D eigenvalue weighted by Crippen LogP contribution is 2.09. The first-order chi connectivity index (χ1) is 13.0. The molecule has 1 aliphatic rings. The normalized spacial score (nSPS) is 19.1. The molecule has 0 bridgehead atoms. The van der Waals surface area contributed by atoms with Crippen molar-refractivity contribution in [3.63, 3.8) is 0 Å². The number of rotatable bonds is 6. The molecular formula is C18H30IN7OS. The average molecular weight is 519 g/mol. The van der Waals surface area contributed by atoms with Crippen LogP contribution < -0.4 is 10.6 Å². The van der Waals surface area contributed by atoms with E-state index in [9.17, 15) is 0 Å². The maximum Gasteiger partial charge on any atom is 0.192 e. The zero-order valence-electron chi connectivity index (χ0n) is 16.9. The molecule has 0 aromatic carbocycles. The second kappa shape index (κ2) is 11.1. The first-order valence-corrected chi connectivity index (χ1v) is 10.1. The van der Waals surface area contributed by atoms with Crippen LogP contribution in [-0.4, -0.2) is 64.5 Å². The van der Waals surface area contributed by atoms with Gasteiger partial charge in [0.05, 0.1) is 25.3 Å². The lowest BCUT2D eigenvalue weighted by atomic mass is 10.1. The number of hydrogen-bond donors (Lipinski definition) is 2. The fourth-order valence-electron chi connectivity index (χ4n) is 2.90. The molecular weight excluding hydrogens is 489 g/mol. The number of aliphatic imine (C=N–C) groups is 1. The molecule has 0 radical (unpaired) electrons. The fourth-order valence-corrected chi connectivity index (χ4v) is 3.54. The van der Waals surface area contributed by atoms with E-state index in [4.69, 9.17) is 9.73 Å². The van der Waals surface area contributed by atoms with Crippen LogP contribution in [0.4, 0.5) is 0 Å². The van der Waals surface area contributed by atoms with E-state index in [1.165, 1.54) is 4.88 Å². The Morgan fingerprint density at radius 2 is 2.25 bits per heavy atom. The Morgan fingerprint density at radius 1 is 1.43 bits per heavy atom. The van der Waals surface area contributed by atoms with Crippen molar-refractivity contribution in [1.29, 1.82) is 0 Å². The topological polar surface area (TPSA) is 79.6 Å². The fraction of sp³-hybridized carbons (Fsp3) is 0.611. The Kier molecular flexibility index (Phi) is 9.12. The van der Waals surface area contributed by atoms with Gasteiger partial charge in [-0.05, 0) is 32.3 Å². The number of ether oxygens (including phenoxy) is 1. The molecule has 0 aliphatic carbocycles. The van der Waals surface area contributed by atoms with E-state index >= 15 is 0 Å². The van der Waals surface area contributed by atoms with Gasteiger partial charge in [0.15, 0.2) is 11.8 Å². The maximum absolute atomic E-state index is 5.94. The van der Waals surface area contributed by atoms with Crippen LogP contribution in [0.3, 0.4) is 0 Å². The van der Waals surface area contributed by atoms with Crippen LogP contribution in [-0.2, 0) is 24.9 Å². The second-order valence-electron chi connectivity index (χ2n) is 6.92. The minimum atomic E-state index is 0. The number of likely N-dealkylation sites (N-methyl/N-ethyl adjacent to an activating group) is 1. The molecule has 2 aromatic heterocycles. The predicted molar refractivity (Wildman–Crippen MR) is 123 cm³/mol. The molecule has 0 spiro atoms. The summed E-state index contributed by atoms with van der Waals surface area (Å²) in [5.41, 5.74) is 0. The van der Waals surface area contributed by atoms with Crippen molar-refractivity contribution in [2.75, 3.05) is 26.7 Å². The van der Waals surface area contributed by atoms with Crippen LogP contribution in [0.1, 0.15) is 23.4 Å². The third-order valence-electron chi connectivity index (χ3n) is 4.79. The van der Waals surface area contributed by atoms with E-state index in [1.807, 2.05) is 18.5 Å². The monoisotopic (exact) mass is 519 g/mol. The third-order valence-corrected chi connectivity index (χ3v) is 5.67. The average Bonchev–Trinajstić information content (AvgIpc) is 3.28. The molecule has 1 aliphatic heterocycles. The van der Waals surface area contributed by atoms with Gasteiger partial charge in [-0.25, -0.2) is 4.99 Å². The number of thiophene rings is 1. The maximum atomic E-state index is 5.94. The first-order valence-electron chi connectivity index (χ1n) is 9.25. The number of aryl methyl sites for hydroxylation is 1. The summed E-state index contributed by atoms with van der Waals surface area (Å²) in [7, 11) is 4.09. The van der Waals surface area contributed by atoms with Gasteiger partial charge in [-0.15, -0.1) is 45.5 Å². The molecule has 3 rings (SSSR count). The number of morpholine rings is 1. The Labute approximate surface area is 187 Å². The Balaban J connectivity index is 0.00000280. The molecule has 1 saturated heterocycles. The number of nitrogens with one attached hydrogen (secondary N) is 2. The zero-order valence-corrected chi connectivity index (χ0v) is 20.0. The van der Waals surface area contributed by atoms with Crippen LogP contribution >= 0.6 is 35.3 Å². The smallest absolute Gasteiger partial charge is 0.192 e. The molecule has 28 heavy (non-hydrogen) atoms. The summed E-state index contributed by atoms with van der Waals surface area (Å²) in [5.74, 6) is 2.48. The zero-order chi connectivity index (χ0) is 19.2. The number of guanidine groups is 1. The van der Waals surface area contributed by atoms with Crippen molar-refractivity contribution < 1.29 is 4.74 Å². The molecule has 2 unspecified atom stereocenters. The molecule has 0 amide bonds. The molecule has 156 valence electrons. The molecule has 10 heteroatoms. The summed E-state index contributed by atoms with van der Waals surface area (Å²) in [4.78, 5) is 8.29. The van der Waals surface area contributed by atoms with Crippen LogP contribution in [0, 0.1) is 6.92 Å². The van der Waals surface area contributed by atoms with Gasteiger partial charge in [-0.1, -0.05) is 6.07 Å². The Bertz CT molecular complexity index is 749. The highest BCUT2D eigenvalue weighted by atomic mass is 127. The highest BCUT2D eigenvalue weighted by molar-refractivity contribution is 14.0. The SMILES string of the molecule is Cc1nnc(CN=C(NCc2cccs2)NC(C)C2CN(C)CCO2)n1C.I. The van der Waals surface area contributed by atoms with E-state index in [-0.39, 0.29) is 36.1 Å². The molecule has 2 N–H and O–H groups in total. The molecule has 8 nitrogen and oxygen atoms in total. The number of hydrogen-bond acceptors (Lipinski definition) is 6. The van der Waals surface area contributed by atoms with Gasteiger partial charge in [0, 0.05) is 25.0 Å². The summed E-state index contributed by atoms with van der Waals surface area (Å²) < 4.78 is 7.90. The summed E-state index contributed by atoms with van der Waals surface area (Å²) in [6.45, 7) is 7.93. The van der Waals surface area contributed by atoms with E-state index in [0.717, 1.165) is 43.8 Å². The van der Waals surface area contributed by atoms with Crippen LogP contribution in [0.15, 0.2) is 22.5 Å². The lowest BCUT2D eigenvalue weighted by molar-refractivity contribution is -0.0324. The number of aromatic nitrogens is 3. The lowest BCUT2D eigenvalue weighted by Crippen LogP contribution is -2.53. The van der Waals surface area contributed by atoms with E-state index < -0.39 is 0 Å². The van der Waals surface area contributed by atoms with Crippen LogP contribution in [0.25, 0.3) is 0 Å². The largest absolute Gasteiger partial charge is 0.373 e. The predicted octanol–water partition coefficient (Wildman–Crippen LogP) is 1.76. The van der Waals surface area contributed by atoms with Gasteiger partial charge in [-0.3, -0.25) is 0 Å². The van der Waals surface area contributed by atoms with Gasteiger partial charge in [0.2, 0.25) is 0 Å². The van der Waals surface area contributed by atoms with Crippen molar-refractivity contribution >= 4 is 41.3 Å². The lowest BCUT2D eigenvalue weighted by Gasteiger charge is -2.34. The highest BCUT2D eigenvalue weighted by Gasteiger charge is 2.24. The summed E-state index contributed by atoms with van der Waals surface area (Å²) in [5, 5.41) is 17.3. The van der Waals surface area contributed by atoms with Crippen molar-refractivity contribution in [2.45, 2.75) is 39.1 Å².